The highest BCUT2D eigenvalue weighted by atomic mass is 35.5. The van der Waals surface area contributed by atoms with Crippen LogP contribution in [0.1, 0.15) is 24.3 Å². The molecule has 3 rings (SSSR count). The van der Waals surface area contributed by atoms with E-state index in [1.807, 2.05) is 31.2 Å². The number of benzene rings is 1. The molecular formula is C19H26ClN3O2+2. The molecule has 1 saturated heterocycles. The Kier molecular flexibility index (Phi) is 6.13. The first-order valence-corrected chi connectivity index (χ1v) is 9.22. The number of quaternary nitrogens is 2. The fourth-order valence-corrected chi connectivity index (χ4v) is 3.46. The Morgan fingerprint density at radius 3 is 2.48 bits per heavy atom. The molecule has 1 amide bonds. The van der Waals surface area contributed by atoms with Crippen LogP contribution >= 0.6 is 11.6 Å². The molecule has 5 nitrogen and oxygen atoms in total. The summed E-state index contributed by atoms with van der Waals surface area (Å²) in [5.74, 6) is 0.876. The first-order chi connectivity index (χ1) is 12.1. The van der Waals surface area contributed by atoms with Gasteiger partial charge in [-0.05, 0) is 31.2 Å². The van der Waals surface area contributed by atoms with Crippen molar-refractivity contribution in [3.63, 3.8) is 0 Å². The predicted octanol–water partition coefficient (Wildman–Crippen LogP) is 0.0938. The summed E-state index contributed by atoms with van der Waals surface area (Å²) in [5, 5.41) is 3.79. The van der Waals surface area contributed by atoms with E-state index in [1.165, 1.54) is 10.5 Å². The number of carbonyl (C=O) groups excluding carboxylic acids is 1. The number of hydrogen-bond acceptors (Lipinski definition) is 2. The quantitative estimate of drug-likeness (QED) is 0.681. The lowest BCUT2D eigenvalue weighted by molar-refractivity contribution is -1.02. The van der Waals surface area contributed by atoms with Gasteiger partial charge >= 0.3 is 0 Å². The van der Waals surface area contributed by atoms with E-state index in [-0.39, 0.29) is 11.9 Å². The predicted molar refractivity (Wildman–Crippen MR) is 96.7 cm³/mol. The van der Waals surface area contributed by atoms with Crippen molar-refractivity contribution in [2.75, 3.05) is 32.7 Å². The van der Waals surface area contributed by atoms with Crippen LogP contribution in [0.3, 0.4) is 0 Å². The highest BCUT2D eigenvalue weighted by molar-refractivity contribution is 6.30. The van der Waals surface area contributed by atoms with Gasteiger partial charge in [0.1, 0.15) is 38.5 Å². The summed E-state index contributed by atoms with van der Waals surface area (Å²) in [6.45, 7) is 7.70. The maximum atomic E-state index is 12.2. The second-order valence-electron chi connectivity index (χ2n) is 6.78. The Morgan fingerprint density at radius 1 is 1.16 bits per heavy atom. The van der Waals surface area contributed by atoms with E-state index in [4.69, 9.17) is 16.0 Å². The second-order valence-corrected chi connectivity index (χ2v) is 7.22. The molecule has 1 aliphatic heterocycles. The third-order valence-electron chi connectivity index (χ3n) is 4.79. The molecule has 0 spiro atoms. The molecule has 1 aromatic carbocycles. The molecule has 0 unspecified atom stereocenters. The molecular weight excluding hydrogens is 338 g/mol. The van der Waals surface area contributed by atoms with Gasteiger partial charge in [-0.2, -0.15) is 0 Å². The summed E-state index contributed by atoms with van der Waals surface area (Å²) in [5.41, 5.74) is 1.31. The molecule has 1 aliphatic rings. The van der Waals surface area contributed by atoms with Crippen molar-refractivity contribution >= 4 is 17.5 Å². The second kappa shape index (κ2) is 8.52. The van der Waals surface area contributed by atoms with E-state index < -0.39 is 0 Å². The van der Waals surface area contributed by atoms with E-state index in [0.29, 0.717) is 6.54 Å². The summed E-state index contributed by atoms with van der Waals surface area (Å²) < 4.78 is 5.33. The molecule has 1 aromatic heterocycles. The Balaban J connectivity index is 1.40. The number of nitrogens with one attached hydrogen (secondary N) is 3. The normalized spacial score (nSPS) is 21.7. The average Bonchev–Trinajstić information content (AvgIpc) is 3.13. The van der Waals surface area contributed by atoms with Gasteiger partial charge in [0.2, 0.25) is 0 Å². The van der Waals surface area contributed by atoms with E-state index in [9.17, 15) is 4.79 Å². The van der Waals surface area contributed by atoms with Crippen molar-refractivity contribution < 1.29 is 19.0 Å². The Labute approximate surface area is 153 Å². The Morgan fingerprint density at radius 2 is 1.84 bits per heavy atom. The number of hydrogen-bond donors (Lipinski definition) is 3. The van der Waals surface area contributed by atoms with Gasteiger partial charge in [-0.1, -0.05) is 23.7 Å². The molecule has 25 heavy (non-hydrogen) atoms. The lowest BCUT2D eigenvalue weighted by Gasteiger charge is -2.29. The monoisotopic (exact) mass is 363 g/mol. The van der Waals surface area contributed by atoms with Crippen LogP contribution in [0.5, 0.6) is 0 Å². The van der Waals surface area contributed by atoms with E-state index in [1.54, 1.807) is 11.2 Å². The van der Waals surface area contributed by atoms with E-state index in [0.717, 1.165) is 43.5 Å². The largest absolute Gasteiger partial charge is 0.467 e. The van der Waals surface area contributed by atoms with E-state index in [2.05, 4.69) is 17.4 Å². The minimum atomic E-state index is -0.0845. The lowest BCUT2D eigenvalue weighted by Crippen LogP contribution is -3.28. The zero-order chi connectivity index (χ0) is 17.6. The maximum Gasteiger partial charge on any atom is 0.275 e. The van der Waals surface area contributed by atoms with Crippen LogP contribution in [0.15, 0.2) is 47.1 Å². The van der Waals surface area contributed by atoms with Crippen molar-refractivity contribution in [1.82, 2.24) is 5.32 Å². The summed E-state index contributed by atoms with van der Waals surface area (Å²) in [4.78, 5) is 15.1. The summed E-state index contributed by atoms with van der Waals surface area (Å²) >= 11 is 5.94. The molecule has 0 saturated carbocycles. The van der Waals surface area contributed by atoms with Gasteiger partial charge in [-0.25, -0.2) is 0 Å². The standard InChI is InChI=1S/C19H24ClN3O2/c1-15(18-3-2-12-25-18)21-19(24)14-23-10-8-22(9-11-23)13-16-4-6-17(20)7-5-16/h2-7,12,15H,8-11,13-14H2,1H3,(H,21,24)/p+2/t15-/m0/s1. The number of piperazine rings is 1. The van der Waals surface area contributed by atoms with Gasteiger partial charge in [-0.15, -0.1) is 0 Å². The van der Waals surface area contributed by atoms with Crippen molar-refractivity contribution in [2.45, 2.75) is 19.5 Å². The zero-order valence-corrected chi connectivity index (χ0v) is 15.3. The fraction of sp³-hybridized carbons (Fsp3) is 0.421. The van der Waals surface area contributed by atoms with Crippen molar-refractivity contribution in [2.24, 2.45) is 0 Å². The fourth-order valence-electron chi connectivity index (χ4n) is 3.33. The third-order valence-corrected chi connectivity index (χ3v) is 5.04. The Hall–Kier alpha value is -1.82. The van der Waals surface area contributed by atoms with Crippen LogP contribution in [0.25, 0.3) is 0 Å². The molecule has 0 aliphatic carbocycles. The lowest BCUT2D eigenvalue weighted by atomic mass is 10.2. The first kappa shape index (κ1) is 18.0. The maximum absolute atomic E-state index is 12.2. The number of furan rings is 1. The topological polar surface area (TPSA) is 51.1 Å². The van der Waals surface area contributed by atoms with Crippen LogP contribution in [-0.4, -0.2) is 38.6 Å². The minimum absolute atomic E-state index is 0.0834. The highest BCUT2D eigenvalue weighted by Crippen LogP contribution is 2.11. The van der Waals surface area contributed by atoms with Crippen LogP contribution in [0, 0.1) is 0 Å². The number of amides is 1. The first-order valence-electron chi connectivity index (χ1n) is 8.84. The molecule has 134 valence electrons. The Bertz CT molecular complexity index is 664. The molecule has 6 heteroatoms. The number of rotatable bonds is 6. The van der Waals surface area contributed by atoms with Crippen LogP contribution < -0.4 is 15.1 Å². The van der Waals surface area contributed by atoms with Crippen LogP contribution in [0.4, 0.5) is 0 Å². The summed E-state index contributed by atoms with van der Waals surface area (Å²) in [7, 11) is 0. The summed E-state index contributed by atoms with van der Waals surface area (Å²) in [6.07, 6.45) is 1.63. The van der Waals surface area contributed by atoms with Gasteiger partial charge in [0.05, 0.1) is 12.3 Å². The van der Waals surface area contributed by atoms with Gasteiger partial charge in [0.15, 0.2) is 6.54 Å². The minimum Gasteiger partial charge on any atom is -0.467 e. The average molecular weight is 364 g/mol. The van der Waals surface area contributed by atoms with Crippen molar-refractivity contribution in [3.05, 3.63) is 59.0 Å². The van der Waals surface area contributed by atoms with Gasteiger partial charge in [-0.3, -0.25) is 4.79 Å². The molecule has 3 N–H and O–H groups in total. The summed E-state index contributed by atoms with van der Waals surface area (Å²) in [6, 6.07) is 11.7. The molecule has 1 atom stereocenters. The zero-order valence-electron chi connectivity index (χ0n) is 14.6. The van der Waals surface area contributed by atoms with Gasteiger partial charge in [0, 0.05) is 10.6 Å². The molecule has 2 heterocycles. The van der Waals surface area contributed by atoms with Crippen molar-refractivity contribution in [3.8, 4) is 0 Å². The number of halogens is 1. The molecule has 2 aromatic rings. The third kappa shape index (κ3) is 5.33. The molecule has 1 fully saturated rings. The molecule has 0 bridgehead atoms. The van der Waals surface area contributed by atoms with E-state index >= 15 is 0 Å². The van der Waals surface area contributed by atoms with Gasteiger partial charge < -0.3 is 19.5 Å². The van der Waals surface area contributed by atoms with Crippen LogP contribution in [0.2, 0.25) is 5.02 Å². The van der Waals surface area contributed by atoms with Gasteiger partial charge in [0.25, 0.3) is 5.91 Å². The number of carbonyl (C=O) groups is 1. The SMILES string of the molecule is C[C@H](NC(=O)C[NH+]1CC[NH+](Cc2ccc(Cl)cc2)CC1)c1ccco1. The van der Waals surface area contributed by atoms with Crippen LogP contribution in [-0.2, 0) is 11.3 Å². The highest BCUT2D eigenvalue weighted by Gasteiger charge is 2.25. The molecule has 0 radical (unpaired) electrons. The van der Waals surface area contributed by atoms with Crippen molar-refractivity contribution in [1.29, 1.82) is 0 Å². The smallest absolute Gasteiger partial charge is 0.275 e.